The molecule has 2 aromatic rings. The number of nitrogens with one attached hydrogen (secondary N) is 1. The van der Waals surface area contributed by atoms with Gasteiger partial charge in [0.15, 0.2) is 0 Å². The van der Waals surface area contributed by atoms with E-state index in [4.69, 9.17) is 4.98 Å². The molecule has 0 saturated carbocycles. The van der Waals surface area contributed by atoms with Gasteiger partial charge in [-0.25, -0.2) is 4.98 Å². The highest BCUT2D eigenvalue weighted by Crippen LogP contribution is 2.28. The van der Waals surface area contributed by atoms with Gasteiger partial charge in [0.1, 0.15) is 0 Å². The fourth-order valence-electron chi connectivity index (χ4n) is 2.05. The Bertz CT molecular complexity index is 551. The van der Waals surface area contributed by atoms with Gasteiger partial charge in [-0.05, 0) is 48.0 Å². The van der Waals surface area contributed by atoms with Crippen LogP contribution in [0.15, 0.2) is 47.5 Å². The molecule has 1 unspecified atom stereocenters. The van der Waals surface area contributed by atoms with Crippen molar-refractivity contribution in [3.05, 3.63) is 53.2 Å². The van der Waals surface area contributed by atoms with Crippen molar-refractivity contribution < 1.29 is 0 Å². The number of para-hydroxylation sites is 1. The van der Waals surface area contributed by atoms with Crippen molar-refractivity contribution >= 4 is 26.8 Å². The fourth-order valence-corrected chi connectivity index (χ4v) is 2.66. The van der Waals surface area contributed by atoms with Crippen LogP contribution in [0.3, 0.4) is 0 Å². The molecule has 1 N–H and O–H groups in total. The van der Waals surface area contributed by atoms with Crippen LogP contribution in [0.1, 0.15) is 24.6 Å². The lowest BCUT2D eigenvalue weighted by molar-refractivity contribution is 0.540. The van der Waals surface area contributed by atoms with E-state index in [2.05, 4.69) is 40.0 Å². The molecule has 1 atom stereocenters. The van der Waals surface area contributed by atoms with E-state index in [1.54, 1.807) is 0 Å². The maximum Gasteiger partial charge on any atom is 0.0722 e. The highest BCUT2D eigenvalue weighted by atomic mass is 79.9. The highest BCUT2D eigenvalue weighted by Gasteiger charge is 2.14. The Morgan fingerprint density at radius 3 is 2.94 bits per heavy atom. The molecule has 0 amide bonds. The molecule has 0 aliphatic rings. The smallest absolute Gasteiger partial charge is 0.0722 e. The van der Waals surface area contributed by atoms with Crippen molar-refractivity contribution in [2.45, 2.75) is 18.9 Å². The molecule has 1 heterocycles. The van der Waals surface area contributed by atoms with Gasteiger partial charge in [0.25, 0.3) is 0 Å². The molecule has 0 bridgehead atoms. The Kier molecular flexibility index (Phi) is 4.50. The number of fused-ring (bicyclic) bond motifs is 1. The first-order valence-corrected chi connectivity index (χ1v) is 6.89. The summed E-state index contributed by atoms with van der Waals surface area (Å²) in [6.07, 6.45) is 3.93. The Morgan fingerprint density at radius 1 is 1.44 bits per heavy atom. The number of hydrogen-bond acceptors (Lipinski definition) is 2. The summed E-state index contributed by atoms with van der Waals surface area (Å²) in [6, 6.07) is 10.6. The van der Waals surface area contributed by atoms with Gasteiger partial charge in [-0.3, -0.25) is 0 Å². The molecule has 0 fully saturated rings. The monoisotopic (exact) mass is 304 g/mol. The first-order valence-electron chi connectivity index (χ1n) is 6.09. The molecule has 0 spiro atoms. The van der Waals surface area contributed by atoms with E-state index in [-0.39, 0.29) is 6.04 Å². The summed E-state index contributed by atoms with van der Waals surface area (Å²) in [5, 5.41) is 4.48. The standard InChI is InChI=1S/C15H17BrN2/c1-3-4-8-14(17-2)15-12(16)10-11-7-5-6-9-13(11)18-15/h3,5-7,9-10,14,17H,1,4,8H2,2H3. The minimum atomic E-state index is 0.252. The molecular weight excluding hydrogens is 288 g/mol. The minimum absolute atomic E-state index is 0.252. The van der Waals surface area contributed by atoms with Gasteiger partial charge in [0.2, 0.25) is 0 Å². The van der Waals surface area contributed by atoms with Crippen molar-refractivity contribution in [1.29, 1.82) is 0 Å². The molecule has 1 aromatic heterocycles. The fraction of sp³-hybridized carbons (Fsp3) is 0.267. The second kappa shape index (κ2) is 6.12. The lowest BCUT2D eigenvalue weighted by Crippen LogP contribution is -2.18. The zero-order chi connectivity index (χ0) is 13.0. The third-order valence-corrected chi connectivity index (χ3v) is 3.68. The van der Waals surface area contributed by atoms with Crippen LogP contribution in [0.5, 0.6) is 0 Å². The molecule has 18 heavy (non-hydrogen) atoms. The zero-order valence-corrected chi connectivity index (χ0v) is 12.1. The van der Waals surface area contributed by atoms with Gasteiger partial charge in [0.05, 0.1) is 17.3 Å². The average molecular weight is 305 g/mol. The Balaban J connectivity index is 2.42. The van der Waals surface area contributed by atoms with Crippen LogP contribution in [0.25, 0.3) is 10.9 Å². The Morgan fingerprint density at radius 2 is 2.22 bits per heavy atom. The number of hydrogen-bond donors (Lipinski definition) is 1. The van der Waals surface area contributed by atoms with Crippen LogP contribution in [0, 0.1) is 0 Å². The largest absolute Gasteiger partial charge is 0.312 e. The number of rotatable bonds is 5. The predicted octanol–water partition coefficient (Wildman–Crippen LogP) is 4.22. The number of nitrogens with zero attached hydrogens (tertiary/aromatic N) is 1. The number of halogens is 1. The number of pyridine rings is 1. The SMILES string of the molecule is C=CCCC(NC)c1nc2ccccc2cc1Br. The third-order valence-electron chi connectivity index (χ3n) is 3.04. The van der Waals surface area contributed by atoms with Crippen LogP contribution >= 0.6 is 15.9 Å². The molecule has 1 aromatic carbocycles. The van der Waals surface area contributed by atoms with E-state index >= 15 is 0 Å². The van der Waals surface area contributed by atoms with E-state index in [1.807, 2.05) is 31.3 Å². The van der Waals surface area contributed by atoms with Crippen LogP contribution < -0.4 is 5.32 Å². The van der Waals surface area contributed by atoms with Gasteiger partial charge in [0, 0.05) is 9.86 Å². The second-order valence-electron chi connectivity index (χ2n) is 4.26. The van der Waals surface area contributed by atoms with Crippen LogP contribution in [0.2, 0.25) is 0 Å². The quantitative estimate of drug-likeness (QED) is 0.836. The third kappa shape index (κ3) is 2.79. The lowest BCUT2D eigenvalue weighted by atomic mass is 10.1. The second-order valence-corrected chi connectivity index (χ2v) is 5.11. The van der Waals surface area contributed by atoms with Crippen molar-refractivity contribution in [2.24, 2.45) is 0 Å². The van der Waals surface area contributed by atoms with E-state index in [0.29, 0.717) is 0 Å². The maximum atomic E-state index is 4.76. The van der Waals surface area contributed by atoms with Crippen molar-refractivity contribution in [3.8, 4) is 0 Å². The van der Waals surface area contributed by atoms with Gasteiger partial charge in [-0.1, -0.05) is 24.3 Å². The normalized spacial score (nSPS) is 12.6. The van der Waals surface area contributed by atoms with Crippen LogP contribution in [-0.4, -0.2) is 12.0 Å². The Hall–Kier alpha value is -1.19. The average Bonchev–Trinajstić information content (AvgIpc) is 2.40. The topological polar surface area (TPSA) is 24.9 Å². The van der Waals surface area contributed by atoms with Crippen molar-refractivity contribution in [1.82, 2.24) is 10.3 Å². The summed E-state index contributed by atoms with van der Waals surface area (Å²) in [5.74, 6) is 0. The maximum absolute atomic E-state index is 4.76. The zero-order valence-electron chi connectivity index (χ0n) is 10.5. The summed E-state index contributed by atoms with van der Waals surface area (Å²) in [6.45, 7) is 3.77. The van der Waals surface area contributed by atoms with E-state index in [1.165, 1.54) is 0 Å². The molecule has 0 saturated heterocycles. The summed E-state index contributed by atoms with van der Waals surface area (Å²) in [5.41, 5.74) is 2.10. The van der Waals surface area contributed by atoms with Crippen molar-refractivity contribution in [2.75, 3.05) is 7.05 Å². The van der Waals surface area contributed by atoms with Gasteiger partial charge in [-0.2, -0.15) is 0 Å². The Labute approximate surface area is 116 Å². The summed E-state index contributed by atoms with van der Waals surface area (Å²) in [7, 11) is 1.97. The molecular formula is C15H17BrN2. The number of aromatic nitrogens is 1. The molecule has 0 aliphatic carbocycles. The number of allylic oxidation sites excluding steroid dienone is 1. The van der Waals surface area contributed by atoms with Crippen LogP contribution in [0.4, 0.5) is 0 Å². The first-order chi connectivity index (χ1) is 8.76. The number of benzene rings is 1. The molecule has 2 nitrogen and oxygen atoms in total. The van der Waals surface area contributed by atoms with E-state index in [9.17, 15) is 0 Å². The van der Waals surface area contributed by atoms with Gasteiger partial charge in [-0.15, -0.1) is 6.58 Å². The van der Waals surface area contributed by atoms with Gasteiger partial charge < -0.3 is 5.32 Å². The predicted molar refractivity (Wildman–Crippen MR) is 80.7 cm³/mol. The van der Waals surface area contributed by atoms with E-state index in [0.717, 1.165) is 33.9 Å². The highest BCUT2D eigenvalue weighted by molar-refractivity contribution is 9.10. The molecule has 2 rings (SSSR count). The molecule has 3 heteroatoms. The molecule has 0 aliphatic heterocycles. The summed E-state index contributed by atoms with van der Waals surface area (Å²) < 4.78 is 1.06. The molecule has 94 valence electrons. The van der Waals surface area contributed by atoms with Crippen molar-refractivity contribution in [3.63, 3.8) is 0 Å². The minimum Gasteiger partial charge on any atom is -0.312 e. The lowest BCUT2D eigenvalue weighted by Gasteiger charge is -2.17. The van der Waals surface area contributed by atoms with Gasteiger partial charge >= 0.3 is 0 Å². The summed E-state index contributed by atoms with van der Waals surface area (Å²) in [4.78, 5) is 4.76. The first kappa shape index (κ1) is 13.2. The van der Waals surface area contributed by atoms with E-state index < -0.39 is 0 Å². The summed E-state index contributed by atoms with van der Waals surface area (Å²) >= 11 is 3.62. The van der Waals surface area contributed by atoms with Crippen LogP contribution in [-0.2, 0) is 0 Å². The molecule has 0 radical (unpaired) electrons.